The normalized spacial score (nSPS) is 11.0. The number of nitrogens with two attached hydrogens (primary N) is 1. The number of aryl methyl sites for hydroxylation is 2. The van der Waals surface area contributed by atoms with Crippen LogP contribution in [0.3, 0.4) is 0 Å². The number of rotatable bonds is 2. The first-order valence-corrected chi connectivity index (χ1v) is 6.63. The van der Waals surface area contributed by atoms with Gasteiger partial charge in [-0.3, -0.25) is 4.79 Å². The SMILES string of the molecule is Cc1ccc2c(C(=O)c3ccc(N)cc3F)cn(C)c2c1. The minimum absolute atomic E-state index is 0.0391. The van der Waals surface area contributed by atoms with Crippen LogP contribution in [-0.2, 0) is 7.05 Å². The minimum atomic E-state index is -0.593. The van der Waals surface area contributed by atoms with Crippen LogP contribution in [-0.4, -0.2) is 10.4 Å². The molecule has 1 heterocycles. The van der Waals surface area contributed by atoms with E-state index in [9.17, 15) is 9.18 Å². The number of benzene rings is 2. The summed E-state index contributed by atoms with van der Waals surface area (Å²) >= 11 is 0. The van der Waals surface area contributed by atoms with E-state index in [0.717, 1.165) is 16.5 Å². The topological polar surface area (TPSA) is 48.0 Å². The molecule has 0 radical (unpaired) electrons. The van der Waals surface area contributed by atoms with Crippen molar-refractivity contribution in [1.29, 1.82) is 0 Å². The first-order valence-electron chi connectivity index (χ1n) is 6.63. The second-order valence-corrected chi connectivity index (χ2v) is 5.24. The van der Waals surface area contributed by atoms with Crippen molar-refractivity contribution in [2.75, 3.05) is 5.73 Å². The molecule has 1 aromatic heterocycles. The summed E-state index contributed by atoms with van der Waals surface area (Å²) in [5.74, 6) is -0.925. The molecule has 21 heavy (non-hydrogen) atoms. The summed E-state index contributed by atoms with van der Waals surface area (Å²) in [5.41, 5.74) is 8.43. The highest BCUT2D eigenvalue weighted by Crippen LogP contribution is 2.25. The van der Waals surface area contributed by atoms with Crippen LogP contribution in [0, 0.1) is 12.7 Å². The van der Waals surface area contributed by atoms with E-state index in [4.69, 9.17) is 5.73 Å². The van der Waals surface area contributed by atoms with Crippen LogP contribution < -0.4 is 5.73 Å². The Morgan fingerprint density at radius 2 is 1.90 bits per heavy atom. The van der Waals surface area contributed by atoms with Crippen LogP contribution in [0.4, 0.5) is 10.1 Å². The van der Waals surface area contributed by atoms with Gasteiger partial charge in [0.15, 0.2) is 5.78 Å². The molecule has 3 rings (SSSR count). The zero-order valence-corrected chi connectivity index (χ0v) is 11.9. The summed E-state index contributed by atoms with van der Waals surface area (Å²) < 4.78 is 15.8. The third-order valence-corrected chi connectivity index (χ3v) is 3.63. The Labute approximate surface area is 121 Å². The van der Waals surface area contributed by atoms with E-state index in [2.05, 4.69) is 0 Å². The van der Waals surface area contributed by atoms with E-state index in [0.29, 0.717) is 11.3 Å². The first kappa shape index (κ1) is 13.4. The van der Waals surface area contributed by atoms with Crippen molar-refractivity contribution in [2.24, 2.45) is 7.05 Å². The smallest absolute Gasteiger partial charge is 0.198 e. The second-order valence-electron chi connectivity index (χ2n) is 5.24. The second kappa shape index (κ2) is 4.74. The average Bonchev–Trinajstić information content (AvgIpc) is 2.75. The summed E-state index contributed by atoms with van der Waals surface area (Å²) in [6.07, 6.45) is 1.74. The van der Waals surface area contributed by atoms with Crippen molar-refractivity contribution in [3.63, 3.8) is 0 Å². The van der Waals surface area contributed by atoms with Gasteiger partial charge in [-0.2, -0.15) is 0 Å². The fraction of sp³-hybridized carbons (Fsp3) is 0.118. The highest BCUT2D eigenvalue weighted by molar-refractivity contribution is 6.16. The lowest BCUT2D eigenvalue weighted by molar-refractivity contribution is 0.103. The van der Waals surface area contributed by atoms with Gasteiger partial charge in [0, 0.05) is 35.4 Å². The molecule has 2 N–H and O–H groups in total. The Balaban J connectivity index is 2.18. The van der Waals surface area contributed by atoms with Gasteiger partial charge in [-0.15, -0.1) is 0 Å². The predicted octanol–water partition coefficient (Wildman–Crippen LogP) is 3.44. The van der Waals surface area contributed by atoms with E-state index < -0.39 is 5.82 Å². The molecule has 3 nitrogen and oxygen atoms in total. The van der Waals surface area contributed by atoms with E-state index in [1.54, 1.807) is 6.20 Å². The number of halogens is 1. The fourth-order valence-corrected chi connectivity index (χ4v) is 2.54. The third kappa shape index (κ3) is 2.18. The highest BCUT2D eigenvalue weighted by atomic mass is 19.1. The number of carbonyl (C=O) groups is 1. The summed E-state index contributed by atoms with van der Waals surface area (Å²) in [6, 6.07) is 9.98. The molecule has 0 unspecified atom stereocenters. The number of hydrogen-bond acceptors (Lipinski definition) is 2. The van der Waals surface area contributed by atoms with E-state index in [1.165, 1.54) is 18.2 Å². The monoisotopic (exact) mass is 282 g/mol. The maximum Gasteiger partial charge on any atom is 0.198 e. The zero-order valence-electron chi connectivity index (χ0n) is 11.9. The van der Waals surface area contributed by atoms with Gasteiger partial charge in [0.1, 0.15) is 5.82 Å². The maximum atomic E-state index is 13.9. The number of hydrogen-bond donors (Lipinski definition) is 1. The van der Waals surface area contributed by atoms with Gasteiger partial charge < -0.3 is 10.3 Å². The van der Waals surface area contributed by atoms with Gasteiger partial charge in [-0.1, -0.05) is 12.1 Å². The predicted molar refractivity (Wildman–Crippen MR) is 81.9 cm³/mol. The van der Waals surface area contributed by atoms with E-state index in [1.807, 2.05) is 36.7 Å². The van der Waals surface area contributed by atoms with Crippen molar-refractivity contribution in [3.8, 4) is 0 Å². The van der Waals surface area contributed by atoms with Gasteiger partial charge in [-0.25, -0.2) is 4.39 Å². The largest absolute Gasteiger partial charge is 0.399 e. The fourth-order valence-electron chi connectivity index (χ4n) is 2.54. The quantitative estimate of drug-likeness (QED) is 0.578. The van der Waals surface area contributed by atoms with Crippen molar-refractivity contribution < 1.29 is 9.18 Å². The molecule has 0 spiro atoms. The van der Waals surface area contributed by atoms with E-state index in [-0.39, 0.29) is 11.3 Å². The number of nitrogen functional groups attached to an aromatic ring is 1. The molecule has 0 saturated carbocycles. The molecule has 106 valence electrons. The number of fused-ring (bicyclic) bond motifs is 1. The lowest BCUT2D eigenvalue weighted by Gasteiger charge is -2.03. The lowest BCUT2D eigenvalue weighted by Crippen LogP contribution is -2.04. The number of aromatic nitrogens is 1. The molecule has 0 bridgehead atoms. The van der Waals surface area contributed by atoms with E-state index >= 15 is 0 Å². The maximum absolute atomic E-state index is 13.9. The molecule has 0 amide bonds. The Morgan fingerprint density at radius 1 is 1.14 bits per heavy atom. The molecule has 0 atom stereocenters. The van der Waals surface area contributed by atoms with Gasteiger partial charge >= 0.3 is 0 Å². The van der Waals surface area contributed by atoms with Crippen LogP contribution in [0.25, 0.3) is 10.9 Å². The van der Waals surface area contributed by atoms with Crippen LogP contribution in [0.1, 0.15) is 21.5 Å². The van der Waals surface area contributed by atoms with Gasteiger partial charge in [0.25, 0.3) is 0 Å². The molecule has 0 aliphatic carbocycles. The molecule has 3 aromatic rings. The van der Waals surface area contributed by atoms with Crippen molar-refractivity contribution in [2.45, 2.75) is 6.92 Å². The molecule has 0 aliphatic heterocycles. The molecule has 4 heteroatoms. The van der Waals surface area contributed by atoms with Gasteiger partial charge in [0.05, 0.1) is 5.56 Å². The minimum Gasteiger partial charge on any atom is -0.399 e. The van der Waals surface area contributed by atoms with Crippen LogP contribution in [0.2, 0.25) is 0 Å². The summed E-state index contributed by atoms with van der Waals surface area (Å²) in [4.78, 5) is 12.6. The van der Waals surface area contributed by atoms with Crippen molar-refractivity contribution in [1.82, 2.24) is 4.57 Å². The molecular weight excluding hydrogens is 267 g/mol. The highest BCUT2D eigenvalue weighted by Gasteiger charge is 2.18. The number of nitrogens with zero attached hydrogens (tertiary/aromatic N) is 1. The molecular formula is C17H15FN2O. The standard InChI is InChI=1S/C17H15FN2O/c1-10-3-5-12-14(9-20(2)16(12)7-10)17(21)13-6-4-11(19)8-15(13)18/h3-9H,19H2,1-2H3. The summed E-state index contributed by atoms with van der Waals surface area (Å²) in [7, 11) is 1.87. The van der Waals surface area contributed by atoms with Crippen LogP contribution in [0.5, 0.6) is 0 Å². The summed E-state index contributed by atoms with van der Waals surface area (Å²) in [6.45, 7) is 1.99. The zero-order chi connectivity index (χ0) is 15.1. The Kier molecular flexibility index (Phi) is 3.01. The Hall–Kier alpha value is -2.62. The van der Waals surface area contributed by atoms with Gasteiger partial charge in [0.2, 0.25) is 0 Å². The molecule has 0 fully saturated rings. The first-order chi connectivity index (χ1) is 9.97. The molecule has 2 aromatic carbocycles. The number of carbonyl (C=O) groups excluding carboxylic acids is 1. The van der Waals surface area contributed by atoms with Crippen LogP contribution >= 0.6 is 0 Å². The van der Waals surface area contributed by atoms with Crippen molar-refractivity contribution >= 4 is 22.4 Å². The number of ketones is 1. The van der Waals surface area contributed by atoms with Crippen molar-refractivity contribution in [3.05, 3.63) is 65.1 Å². The molecule has 0 aliphatic rings. The third-order valence-electron chi connectivity index (χ3n) is 3.63. The molecule has 0 saturated heterocycles. The summed E-state index contributed by atoms with van der Waals surface area (Å²) in [5, 5.41) is 0.823. The Bertz CT molecular complexity index is 865. The number of anilines is 1. The average molecular weight is 282 g/mol. The lowest BCUT2D eigenvalue weighted by atomic mass is 10.0. The van der Waals surface area contributed by atoms with Gasteiger partial charge in [-0.05, 0) is 36.8 Å². The van der Waals surface area contributed by atoms with Crippen LogP contribution in [0.15, 0.2) is 42.6 Å². The Morgan fingerprint density at radius 3 is 2.62 bits per heavy atom.